The third-order valence-electron chi connectivity index (χ3n) is 10.5. The third-order valence-corrected chi connectivity index (χ3v) is 10.5. The summed E-state index contributed by atoms with van der Waals surface area (Å²) in [5.41, 5.74) is -9.49. The number of rotatable bonds is 4. The van der Waals surface area contributed by atoms with E-state index in [-0.39, 0.29) is 33.0 Å². The summed E-state index contributed by atoms with van der Waals surface area (Å²) in [4.78, 5) is 0. The van der Waals surface area contributed by atoms with Crippen LogP contribution in [-0.4, -0.2) is 0 Å². The molecule has 0 unspecified atom stereocenters. The van der Waals surface area contributed by atoms with Gasteiger partial charge in [0.2, 0.25) is 0 Å². The Morgan fingerprint density at radius 2 is 0.550 bits per heavy atom. The highest BCUT2D eigenvalue weighted by molar-refractivity contribution is 6.34. The van der Waals surface area contributed by atoms with Gasteiger partial charge >= 0.3 is 12.4 Å². The molecule has 0 saturated heterocycles. The average Bonchev–Trinajstić information content (AvgIpc) is 3.19. The molecule has 0 radical (unpaired) electrons. The molecule has 60 heavy (non-hydrogen) atoms. The maximum absolute atomic E-state index is 16.6. The summed E-state index contributed by atoms with van der Waals surface area (Å²) in [7, 11) is 0. The topological polar surface area (TPSA) is 0 Å². The summed E-state index contributed by atoms with van der Waals surface area (Å²) < 4.78 is 213. The minimum absolute atomic E-state index is 0.105. The zero-order valence-corrected chi connectivity index (χ0v) is 30.5. The summed E-state index contributed by atoms with van der Waals surface area (Å²) >= 11 is 0. The lowest BCUT2D eigenvalue weighted by molar-refractivity contribution is -0.144. The van der Waals surface area contributed by atoms with E-state index in [1.54, 1.807) is 38.1 Å². The maximum atomic E-state index is 16.6. The van der Waals surface area contributed by atoms with E-state index in [0.717, 1.165) is 12.1 Å². The lowest BCUT2D eigenvalue weighted by Crippen LogP contribution is -2.16. The Labute approximate surface area is 329 Å². The van der Waals surface area contributed by atoms with E-state index in [1.165, 1.54) is 60.7 Å². The van der Waals surface area contributed by atoms with E-state index in [0.29, 0.717) is 11.1 Å². The van der Waals surface area contributed by atoms with Gasteiger partial charge in [-0.3, -0.25) is 0 Å². The van der Waals surface area contributed by atoms with Crippen molar-refractivity contribution in [2.75, 3.05) is 0 Å². The van der Waals surface area contributed by atoms with Crippen LogP contribution in [0.4, 0.5) is 61.5 Å². The number of benzene rings is 8. The predicted molar refractivity (Wildman–Crippen MR) is 200 cm³/mol. The second-order valence-corrected chi connectivity index (χ2v) is 14.1. The van der Waals surface area contributed by atoms with Crippen molar-refractivity contribution in [1.82, 2.24) is 0 Å². The van der Waals surface area contributed by atoms with E-state index in [4.69, 9.17) is 0 Å². The molecule has 0 aliphatic carbocycles. The van der Waals surface area contributed by atoms with Crippen LogP contribution in [0.5, 0.6) is 0 Å². The fourth-order valence-electron chi connectivity index (χ4n) is 7.89. The van der Waals surface area contributed by atoms with Gasteiger partial charge in [0.25, 0.3) is 0 Å². The number of aryl methyl sites for hydroxylation is 2. The second kappa shape index (κ2) is 14.1. The first-order chi connectivity index (χ1) is 28.2. The summed E-state index contributed by atoms with van der Waals surface area (Å²) in [6.07, 6.45) is -11.9. The van der Waals surface area contributed by atoms with Crippen LogP contribution >= 0.6 is 0 Å². The molecule has 0 atom stereocenters. The Kier molecular flexibility index (Phi) is 9.48. The van der Waals surface area contributed by atoms with Gasteiger partial charge in [0.05, 0.1) is 11.1 Å². The van der Waals surface area contributed by atoms with E-state index in [2.05, 4.69) is 0 Å². The highest BCUT2D eigenvalue weighted by Gasteiger charge is 2.45. The van der Waals surface area contributed by atoms with Crippen molar-refractivity contribution in [2.24, 2.45) is 0 Å². The fraction of sp³-hybridized carbons (Fsp3) is 0.0870. The highest BCUT2D eigenvalue weighted by Crippen LogP contribution is 2.56. The third kappa shape index (κ3) is 6.05. The fourth-order valence-corrected chi connectivity index (χ4v) is 7.89. The van der Waals surface area contributed by atoms with E-state index in [1.807, 2.05) is 0 Å². The lowest BCUT2D eigenvalue weighted by Gasteiger charge is -2.26. The first-order valence-electron chi connectivity index (χ1n) is 17.7. The predicted octanol–water partition coefficient (Wildman–Crippen LogP) is 15.6. The van der Waals surface area contributed by atoms with E-state index < -0.39 is 114 Å². The van der Waals surface area contributed by atoms with Crippen LogP contribution in [-0.2, 0) is 12.4 Å². The van der Waals surface area contributed by atoms with Crippen LogP contribution in [0, 0.1) is 60.4 Å². The second-order valence-electron chi connectivity index (χ2n) is 14.1. The molecule has 8 rings (SSSR count). The van der Waals surface area contributed by atoms with Crippen LogP contribution in [0.3, 0.4) is 0 Å². The van der Waals surface area contributed by atoms with Crippen LogP contribution in [0.15, 0.2) is 97.1 Å². The first-order valence-corrected chi connectivity index (χ1v) is 17.7. The molecule has 0 fully saturated rings. The molecule has 0 N–H and O–H groups in total. The van der Waals surface area contributed by atoms with E-state index in [9.17, 15) is 26.3 Å². The molecule has 0 spiro atoms. The van der Waals surface area contributed by atoms with Crippen LogP contribution in [0.2, 0.25) is 0 Å². The number of hydrogen-bond donors (Lipinski definition) is 0. The smallest absolute Gasteiger partial charge is 0.203 e. The molecular weight excluding hydrogens is 818 g/mol. The van der Waals surface area contributed by atoms with Crippen molar-refractivity contribution in [3.63, 3.8) is 0 Å². The van der Waals surface area contributed by atoms with Gasteiger partial charge in [-0.1, -0.05) is 108 Å². The normalized spacial score (nSPS) is 12.3. The van der Waals surface area contributed by atoms with Crippen molar-refractivity contribution in [2.45, 2.75) is 26.2 Å². The molecule has 0 saturated carbocycles. The molecular formula is C46H22F14. The van der Waals surface area contributed by atoms with Crippen molar-refractivity contribution >= 4 is 32.3 Å². The van der Waals surface area contributed by atoms with E-state index >= 15 is 35.1 Å². The monoisotopic (exact) mass is 840 g/mol. The molecule has 0 heterocycles. The molecule has 8 aromatic carbocycles. The van der Waals surface area contributed by atoms with Crippen LogP contribution in [0.1, 0.15) is 22.3 Å². The quantitative estimate of drug-likeness (QED) is 0.0941. The number of fused-ring (bicyclic) bond motifs is 3. The Hall–Kier alpha value is -6.44. The molecule has 0 aliphatic heterocycles. The number of halogens is 14. The van der Waals surface area contributed by atoms with Crippen molar-refractivity contribution in [3.05, 3.63) is 166 Å². The first kappa shape index (κ1) is 40.3. The average molecular weight is 841 g/mol. The van der Waals surface area contributed by atoms with Crippen molar-refractivity contribution in [1.29, 1.82) is 0 Å². The zero-order chi connectivity index (χ0) is 43.3. The lowest BCUT2D eigenvalue weighted by atomic mass is 9.77. The number of alkyl halides is 6. The van der Waals surface area contributed by atoms with Crippen molar-refractivity contribution in [3.8, 4) is 44.5 Å². The standard InChI is InChI=1S/C46H22F14/c1-19-11-15-21(16-12-19)27-23-7-3-4-8-24(23)28(22-17-13-20(2)14-18-22)32-30(34-39(49)43(53)36(46(58,59)60)44(54)40(34)50)26-10-6-5-9-25(26)29(31(27)32)33-37(47)41(51)35(45(55,56)57)42(52)38(33)48/h3-18H,1-2H3. The number of hydrogen-bond acceptors (Lipinski definition) is 0. The summed E-state index contributed by atoms with van der Waals surface area (Å²) in [6.45, 7) is 3.38. The van der Waals surface area contributed by atoms with Gasteiger partial charge in [-0.15, -0.1) is 0 Å². The van der Waals surface area contributed by atoms with Crippen LogP contribution < -0.4 is 0 Å². The van der Waals surface area contributed by atoms with Gasteiger partial charge in [0, 0.05) is 21.9 Å². The minimum atomic E-state index is -5.95. The Morgan fingerprint density at radius 3 is 0.800 bits per heavy atom. The molecule has 304 valence electrons. The zero-order valence-electron chi connectivity index (χ0n) is 30.5. The molecule has 0 aliphatic rings. The van der Waals surface area contributed by atoms with Gasteiger partial charge < -0.3 is 0 Å². The molecule has 14 heteroatoms. The van der Waals surface area contributed by atoms with Gasteiger partial charge in [0.1, 0.15) is 11.1 Å². The Morgan fingerprint density at radius 1 is 0.300 bits per heavy atom. The summed E-state index contributed by atoms with van der Waals surface area (Å²) in [5, 5.41) is -1.92. The van der Waals surface area contributed by atoms with Crippen molar-refractivity contribution < 1.29 is 61.5 Å². The molecule has 8 aromatic rings. The summed E-state index contributed by atoms with van der Waals surface area (Å²) in [6, 6.07) is 22.6. The maximum Gasteiger partial charge on any atom is 0.422 e. The van der Waals surface area contributed by atoms with Gasteiger partial charge in [-0.05, 0) is 57.6 Å². The SMILES string of the molecule is Cc1ccc(-c2c3ccccc3c(-c3ccc(C)cc3)c3c(-c4c(F)c(F)c(C(F)(F)F)c(F)c4F)c4ccccc4c(-c4c(F)c(F)c(C(F)(F)F)c(F)c4F)c23)cc1. The van der Waals surface area contributed by atoms with Gasteiger partial charge in [-0.25, -0.2) is 35.1 Å². The molecule has 0 bridgehead atoms. The molecule has 0 aromatic heterocycles. The Balaban J connectivity index is 1.80. The largest absolute Gasteiger partial charge is 0.422 e. The minimum Gasteiger partial charge on any atom is -0.203 e. The molecule has 0 amide bonds. The highest BCUT2D eigenvalue weighted by atomic mass is 19.4. The Bertz CT molecular complexity index is 2820. The van der Waals surface area contributed by atoms with Gasteiger partial charge in [-0.2, -0.15) is 26.3 Å². The van der Waals surface area contributed by atoms with Gasteiger partial charge in [0.15, 0.2) is 46.5 Å². The molecule has 0 nitrogen and oxygen atoms in total. The summed E-state index contributed by atoms with van der Waals surface area (Å²) in [5.74, 6) is -21.4. The van der Waals surface area contributed by atoms with Crippen LogP contribution in [0.25, 0.3) is 76.8 Å².